The second-order valence-electron chi connectivity index (χ2n) is 7.78. The molecule has 0 radical (unpaired) electrons. The Morgan fingerprint density at radius 1 is 0.912 bits per heavy atom. The molecule has 1 atom stereocenters. The predicted molar refractivity (Wildman–Crippen MR) is 120 cm³/mol. The third-order valence-electron chi connectivity index (χ3n) is 5.60. The molecule has 1 N–H and O–H groups in total. The van der Waals surface area contributed by atoms with Crippen LogP contribution in [-0.4, -0.2) is 37.2 Å². The molecule has 34 heavy (non-hydrogen) atoms. The van der Waals surface area contributed by atoms with Crippen molar-refractivity contribution >= 4 is 10.9 Å². The third kappa shape index (κ3) is 3.90. The first kappa shape index (κ1) is 21.7. The topological polar surface area (TPSA) is 65.1 Å². The average molecular weight is 464 g/mol. The van der Waals surface area contributed by atoms with E-state index in [1.54, 1.807) is 52.2 Å². The van der Waals surface area contributed by atoms with Gasteiger partial charge in [0.2, 0.25) is 5.60 Å². The fourth-order valence-corrected chi connectivity index (χ4v) is 3.71. The molecule has 1 unspecified atom stereocenters. The molecule has 2 heterocycles. The summed E-state index contributed by atoms with van der Waals surface area (Å²) in [6.07, 6.45) is 1.47. The number of aliphatic hydroxyl groups is 1. The van der Waals surface area contributed by atoms with Crippen molar-refractivity contribution in [3.8, 4) is 17.1 Å². The van der Waals surface area contributed by atoms with Gasteiger partial charge in [-0.15, -0.1) is 0 Å². The zero-order valence-electron chi connectivity index (χ0n) is 17.7. The summed E-state index contributed by atoms with van der Waals surface area (Å²) >= 11 is 0. The molecule has 0 saturated heterocycles. The first-order valence-corrected chi connectivity index (χ1v) is 10.4. The number of hydrogen-bond acceptors (Lipinski definition) is 4. The molecule has 0 spiro atoms. The van der Waals surface area contributed by atoms with Gasteiger partial charge in [-0.25, -0.2) is 9.67 Å². The van der Waals surface area contributed by atoms with E-state index < -0.39 is 18.4 Å². The van der Waals surface area contributed by atoms with E-state index >= 15 is 0 Å². The predicted octanol–water partition coefficient (Wildman–Crippen LogP) is 5.04. The Morgan fingerprint density at radius 3 is 2.35 bits per heavy atom. The SMILES string of the molecule is OC(COc1ccc(-n2ccnc2)cc1)(c1ccc2c(cnn2-c2ccccc2)c1)C(F)(F)F. The van der Waals surface area contributed by atoms with Gasteiger partial charge in [-0.2, -0.15) is 18.3 Å². The number of fused-ring (bicyclic) bond motifs is 1. The van der Waals surface area contributed by atoms with Crippen LogP contribution in [0, 0.1) is 0 Å². The lowest BCUT2D eigenvalue weighted by molar-refractivity contribution is -0.275. The molecular weight excluding hydrogens is 445 g/mol. The average Bonchev–Trinajstić information content (AvgIpc) is 3.53. The third-order valence-corrected chi connectivity index (χ3v) is 5.60. The van der Waals surface area contributed by atoms with Gasteiger partial charge in [0.15, 0.2) is 0 Å². The summed E-state index contributed by atoms with van der Waals surface area (Å²) in [5.74, 6) is 0.199. The fourth-order valence-electron chi connectivity index (χ4n) is 3.71. The zero-order valence-corrected chi connectivity index (χ0v) is 17.7. The number of rotatable bonds is 6. The minimum Gasteiger partial charge on any atom is -0.490 e. The zero-order chi connectivity index (χ0) is 23.8. The number of aromatic nitrogens is 4. The van der Waals surface area contributed by atoms with Crippen molar-refractivity contribution in [1.82, 2.24) is 19.3 Å². The van der Waals surface area contributed by atoms with E-state index in [1.165, 1.54) is 24.4 Å². The van der Waals surface area contributed by atoms with Gasteiger partial charge >= 0.3 is 6.18 Å². The van der Waals surface area contributed by atoms with Crippen LogP contribution < -0.4 is 4.74 Å². The Bertz CT molecular complexity index is 1400. The Hall–Kier alpha value is -4.11. The molecule has 5 rings (SSSR count). The van der Waals surface area contributed by atoms with E-state index in [-0.39, 0.29) is 11.3 Å². The van der Waals surface area contributed by atoms with Crippen LogP contribution in [0.4, 0.5) is 13.2 Å². The largest absolute Gasteiger partial charge is 0.490 e. The van der Waals surface area contributed by atoms with E-state index in [0.717, 1.165) is 11.4 Å². The highest BCUT2D eigenvalue weighted by atomic mass is 19.4. The molecule has 0 aliphatic rings. The van der Waals surface area contributed by atoms with Crippen LogP contribution in [0.1, 0.15) is 5.56 Å². The standard InChI is InChI=1S/C25H19F3N4O2/c26-25(27,28)24(33,16-34-22-9-7-20(8-10-22)31-13-12-29-17-31)19-6-11-23-18(14-19)15-30-32(23)21-4-2-1-3-5-21/h1-15,17,33H,16H2. The summed E-state index contributed by atoms with van der Waals surface area (Å²) < 4.78 is 50.9. The van der Waals surface area contributed by atoms with Crippen molar-refractivity contribution in [3.05, 3.63) is 103 Å². The van der Waals surface area contributed by atoms with Gasteiger partial charge in [-0.1, -0.05) is 24.3 Å². The molecule has 0 amide bonds. The van der Waals surface area contributed by atoms with Gasteiger partial charge in [-0.05, 0) is 54.1 Å². The molecule has 0 fully saturated rings. The molecule has 6 nitrogen and oxygen atoms in total. The summed E-state index contributed by atoms with van der Waals surface area (Å²) in [4.78, 5) is 3.96. The second-order valence-corrected chi connectivity index (χ2v) is 7.78. The lowest BCUT2D eigenvalue weighted by Crippen LogP contribution is -2.47. The molecule has 0 aliphatic heterocycles. The van der Waals surface area contributed by atoms with E-state index in [9.17, 15) is 18.3 Å². The Morgan fingerprint density at radius 2 is 1.68 bits per heavy atom. The molecule has 172 valence electrons. The quantitative estimate of drug-likeness (QED) is 0.382. The second kappa shape index (κ2) is 8.35. The number of nitrogens with zero attached hydrogens (tertiary/aromatic N) is 4. The van der Waals surface area contributed by atoms with E-state index in [1.807, 2.05) is 30.3 Å². The van der Waals surface area contributed by atoms with Crippen molar-refractivity contribution in [2.75, 3.05) is 6.61 Å². The molecule has 0 aliphatic carbocycles. The van der Waals surface area contributed by atoms with Crippen LogP contribution in [0.5, 0.6) is 5.75 Å². The molecule has 9 heteroatoms. The van der Waals surface area contributed by atoms with Gasteiger partial charge in [-0.3, -0.25) is 0 Å². The highest BCUT2D eigenvalue weighted by Crippen LogP contribution is 2.40. The maximum Gasteiger partial charge on any atom is 0.424 e. The summed E-state index contributed by atoms with van der Waals surface area (Å²) in [6.45, 7) is -1.00. The van der Waals surface area contributed by atoms with Crippen LogP contribution in [0.3, 0.4) is 0 Å². The first-order valence-electron chi connectivity index (χ1n) is 10.4. The van der Waals surface area contributed by atoms with Crippen LogP contribution in [0.15, 0.2) is 97.7 Å². The number of halogens is 3. The van der Waals surface area contributed by atoms with Gasteiger partial charge in [0.1, 0.15) is 12.4 Å². The summed E-state index contributed by atoms with van der Waals surface area (Å²) in [6, 6.07) is 19.8. The van der Waals surface area contributed by atoms with Crippen molar-refractivity contribution in [2.45, 2.75) is 11.8 Å². The summed E-state index contributed by atoms with van der Waals surface area (Å²) in [5.41, 5.74) is -1.36. The summed E-state index contributed by atoms with van der Waals surface area (Å²) in [5, 5.41) is 15.5. The van der Waals surface area contributed by atoms with Gasteiger partial charge in [0, 0.05) is 23.5 Å². The van der Waals surface area contributed by atoms with Crippen LogP contribution in [0.25, 0.3) is 22.3 Å². The first-order chi connectivity index (χ1) is 16.3. The fraction of sp³-hybridized carbons (Fsp3) is 0.120. The number of hydrogen-bond donors (Lipinski definition) is 1. The minimum atomic E-state index is -4.97. The molecule has 0 bridgehead atoms. The number of para-hydroxylation sites is 1. The molecule has 2 aromatic heterocycles. The number of imidazole rings is 1. The maximum absolute atomic E-state index is 14.1. The van der Waals surface area contributed by atoms with Gasteiger partial charge < -0.3 is 14.4 Å². The number of ether oxygens (including phenoxy) is 1. The number of alkyl halides is 3. The van der Waals surface area contributed by atoms with Crippen molar-refractivity contribution < 1.29 is 23.0 Å². The van der Waals surface area contributed by atoms with Crippen LogP contribution in [0.2, 0.25) is 0 Å². The molecule has 0 saturated carbocycles. The molecule has 3 aromatic carbocycles. The lowest BCUT2D eigenvalue weighted by atomic mass is 9.93. The Balaban J connectivity index is 1.42. The number of benzene rings is 3. The Kier molecular flexibility index (Phi) is 5.33. The smallest absolute Gasteiger partial charge is 0.424 e. The maximum atomic E-state index is 14.1. The minimum absolute atomic E-state index is 0.199. The van der Waals surface area contributed by atoms with Crippen LogP contribution in [-0.2, 0) is 5.60 Å². The van der Waals surface area contributed by atoms with E-state index in [4.69, 9.17) is 4.74 Å². The Labute approximate surface area is 192 Å². The highest BCUT2D eigenvalue weighted by Gasteiger charge is 2.56. The van der Waals surface area contributed by atoms with Gasteiger partial charge in [0.05, 0.1) is 23.7 Å². The van der Waals surface area contributed by atoms with E-state index in [0.29, 0.717) is 10.9 Å². The van der Waals surface area contributed by atoms with Crippen molar-refractivity contribution in [2.24, 2.45) is 0 Å². The van der Waals surface area contributed by atoms with Crippen molar-refractivity contribution in [3.63, 3.8) is 0 Å². The lowest BCUT2D eigenvalue weighted by Gasteiger charge is -2.31. The monoisotopic (exact) mass is 464 g/mol. The molecular formula is C25H19F3N4O2. The van der Waals surface area contributed by atoms with Crippen LogP contribution >= 0.6 is 0 Å². The normalized spacial score (nSPS) is 13.6. The van der Waals surface area contributed by atoms with Crippen molar-refractivity contribution in [1.29, 1.82) is 0 Å². The molecule has 5 aromatic rings. The van der Waals surface area contributed by atoms with E-state index in [2.05, 4.69) is 10.1 Å². The summed E-state index contributed by atoms with van der Waals surface area (Å²) in [7, 11) is 0. The van der Waals surface area contributed by atoms with Gasteiger partial charge in [0.25, 0.3) is 0 Å². The highest BCUT2D eigenvalue weighted by molar-refractivity contribution is 5.81.